The summed E-state index contributed by atoms with van der Waals surface area (Å²) >= 11 is 0. The van der Waals surface area contributed by atoms with Crippen LogP contribution in [0.1, 0.15) is 59.1 Å². The summed E-state index contributed by atoms with van der Waals surface area (Å²) in [6.07, 6.45) is -10.3. The number of alkyl halides is 6. The van der Waals surface area contributed by atoms with Crippen LogP contribution in [0.25, 0.3) is 22.8 Å². The van der Waals surface area contributed by atoms with Gasteiger partial charge in [-0.2, -0.15) is 36.8 Å². The van der Waals surface area contributed by atoms with Gasteiger partial charge < -0.3 is 29.2 Å². The fraction of sp³-hybridized carbons (Fsp3) is 0.170. The van der Waals surface area contributed by atoms with Gasteiger partial charge in [0.1, 0.15) is 76.1 Å². The molecule has 0 aliphatic heterocycles. The summed E-state index contributed by atoms with van der Waals surface area (Å²) in [5, 5.41) is 49.6. The molecule has 0 aliphatic rings. The fourth-order valence-electron chi connectivity index (χ4n) is 7.21. The highest BCUT2D eigenvalue weighted by molar-refractivity contribution is 5.92. The van der Waals surface area contributed by atoms with Gasteiger partial charge in [0, 0.05) is 34.1 Å². The van der Waals surface area contributed by atoms with Crippen LogP contribution in [0.3, 0.4) is 0 Å². The van der Waals surface area contributed by atoms with E-state index in [-0.39, 0.29) is 13.2 Å². The second kappa shape index (κ2) is 19.2. The number of tetrazole rings is 2. The zero-order chi connectivity index (χ0) is 48.2. The van der Waals surface area contributed by atoms with Crippen molar-refractivity contribution in [1.29, 1.82) is 0 Å². The van der Waals surface area contributed by atoms with Gasteiger partial charge >= 0.3 is 12.4 Å². The van der Waals surface area contributed by atoms with Crippen molar-refractivity contribution in [3.63, 3.8) is 0 Å². The number of ether oxygens (including phenoxy) is 4. The summed E-state index contributed by atoms with van der Waals surface area (Å²) in [4.78, 5) is 13.8. The Kier molecular flexibility index (Phi) is 13.0. The molecular weight excluding hydrogens is 903 g/mol. The topological polar surface area (TPSA) is 203 Å². The standard InChI is InChI=1S/C47H36F6N8O7/c1-25(35-17-19-37(39(42(35)63)46(48,49)50)65-23-27-9-13-31(14-10-27)67-33-7-3-5-29(21-33)44-54-58-59-55-44)41(62)26(2)36-18-20-38(40(43(36)64)47(51,52)53)66-24-28-11-15-32(16-12-28)68-34-8-4-6-30(22-34)45-56-60-61-57-45/h3-22,25-26,63-64H,23-24H2,1-2H3,(H,54,55,58,59)(H,56,57,60,61). The van der Waals surface area contributed by atoms with Gasteiger partial charge in [0.2, 0.25) is 11.6 Å². The van der Waals surface area contributed by atoms with Crippen LogP contribution < -0.4 is 18.9 Å². The number of hydrogen-bond donors (Lipinski definition) is 4. The average molecular weight is 939 g/mol. The van der Waals surface area contributed by atoms with Crippen molar-refractivity contribution in [3.05, 3.63) is 155 Å². The molecule has 21 heteroatoms. The number of rotatable bonds is 16. The molecule has 2 heterocycles. The molecule has 15 nitrogen and oxygen atoms in total. The first kappa shape index (κ1) is 46.1. The van der Waals surface area contributed by atoms with Gasteiger partial charge in [-0.15, -0.1) is 20.4 Å². The maximum atomic E-state index is 14.5. The fourth-order valence-corrected chi connectivity index (χ4v) is 7.21. The van der Waals surface area contributed by atoms with Crippen LogP contribution in [0.4, 0.5) is 26.3 Å². The molecule has 0 fully saturated rings. The minimum Gasteiger partial charge on any atom is -0.507 e. The second-order valence-electron chi connectivity index (χ2n) is 15.2. The average Bonchev–Trinajstić information content (AvgIpc) is 4.07. The Bertz CT molecular complexity index is 2820. The summed E-state index contributed by atoms with van der Waals surface area (Å²) in [7, 11) is 0. The van der Waals surface area contributed by atoms with E-state index in [9.17, 15) is 41.4 Å². The number of nitrogens with zero attached hydrogens (tertiary/aromatic N) is 6. The van der Waals surface area contributed by atoms with E-state index in [4.69, 9.17) is 18.9 Å². The highest BCUT2D eigenvalue weighted by Gasteiger charge is 2.42. The smallest absolute Gasteiger partial charge is 0.423 e. The Morgan fingerprint density at radius 2 is 0.956 bits per heavy atom. The third-order valence-corrected chi connectivity index (χ3v) is 10.7. The van der Waals surface area contributed by atoms with Gasteiger partial charge in [-0.05, 0) is 82.2 Å². The van der Waals surface area contributed by atoms with Gasteiger partial charge in [-0.1, -0.05) is 74.5 Å². The zero-order valence-corrected chi connectivity index (χ0v) is 35.5. The van der Waals surface area contributed by atoms with Crippen molar-refractivity contribution in [3.8, 4) is 68.8 Å². The summed E-state index contributed by atoms with van der Waals surface area (Å²) in [6.45, 7) is 1.68. The number of aromatic amines is 2. The highest BCUT2D eigenvalue weighted by atomic mass is 19.4. The number of carbonyl (C=O) groups is 1. The van der Waals surface area contributed by atoms with Gasteiger partial charge in [0.25, 0.3) is 0 Å². The lowest BCUT2D eigenvalue weighted by Gasteiger charge is -2.23. The Morgan fingerprint density at radius 3 is 1.31 bits per heavy atom. The molecule has 0 saturated heterocycles. The largest absolute Gasteiger partial charge is 0.507 e. The van der Waals surface area contributed by atoms with Crippen molar-refractivity contribution in [1.82, 2.24) is 41.2 Å². The predicted octanol–water partition coefficient (Wildman–Crippen LogP) is 10.7. The lowest BCUT2D eigenvalue weighted by molar-refractivity contribution is -0.141. The van der Waals surface area contributed by atoms with Crippen LogP contribution in [-0.2, 0) is 30.4 Å². The van der Waals surface area contributed by atoms with E-state index in [2.05, 4.69) is 41.2 Å². The minimum atomic E-state index is -5.16. The van der Waals surface area contributed by atoms with E-state index < -0.39 is 75.2 Å². The molecule has 4 N–H and O–H groups in total. The summed E-state index contributed by atoms with van der Waals surface area (Å²) in [5.41, 5.74) is -1.85. The van der Waals surface area contributed by atoms with Gasteiger partial charge in [-0.25, -0.2) is 0 Å². The monoisotopic (exact) mass is 938 g/mol. The van der Waals surface area contributed by atoms with Crippen LogP contribution in [0.2, 0.25) is 0 Å². The van der Waals surface area contributed by atoms with Gasteiger partial charge in [-0.3, -0.25) is 4.79 Å². The van der Waals surface area contributed by atoms with E-state index in [1.165, 1.54) is 13.8 Å². The zero-order valence-electron chi connectivity index (χ0n) is 35.5. The minimum absolute atomic E-state index is 0.358. The number of Topliss-reactive ketones (excluding diaryl/α,β-unsaturated/α-hetero) is 1. The van der Waals surface area contributed by atoms with Gasteiger partial charge in [0.05, 0.1) is 0 Å². The molecule has 8 aromatic rings. The van der Waals surface area contributed by atoms with E-state index >= 15 is 0 Å². The summed E-state index contributed by atoms with van der Waals surface area (Å²) < 4.78 is 110. The molecule has 2 atom stereocenters. The summed E-state index contributed by atoms with van der Waals surface area (Å²) in [6, 6.07) is 30.4. The van der Waals surface area contributed by atoms with Crippen LogP contribution in [-0.4, -0.2) is 57.2 Å². The molecule has 2 unspecified atom stereocenters. The number of phenolic OH excluding ortho intramolecular Hbond substituents is 2. The number of aromatic hydroxyl groups is 2. The van der Waals surface area contributed by atoms with E-state index in [0.717, 1.165) is 24.3 Å². The molecule has 8 rings (SSSR count). The third-order valence-electron chi connectivity index (χ3n) is 10.7. The molecule has 0 bridgehead atoms. The normalized spacial score (nSPS) is 12.6. The highest BCUT2D eigenvalue weighted by Crippen LogP contribution is 2.49. The molecule has 2 aromatic heterocycles. The van der Waals surface area contributed by atoms with Crippen LogP contribution in [0.15, 0.2) is 121 Å². The van der Waals surface area contributed by atoms with Crippen molar-refractivity contribution in [2.45, 2.75) is 51.2 Å². The molecule has 348 valence electrons. The number of hydrogen-bond acceptors (Lipinski definition) is 13. The van der Waals surface area contributed by atoms with E-state index in [1.807, 2.05) is 0 Å². The third kappa shape index (κ3) is 10.3. The summed E-state index contributed by atoms with van der Waals surface area (Å²) in [5.74, 6) is -5.50. The Hall–Kier alpha value is -8.49. The molecule has 0 saturated carbocycles. The number of phenols is 2. The quantitative estimate of drug-likeness (QED) is 0.0667. The maximum absolute atomic E-state index is 14.5. The van der Waals surface area contributed by atoms with Crippen molar-refractivity contribution < 1.29 is 60.3 Å². The molecule has 0 spiro atoms. The van der Waals surface area contributed by atoms with Gasteiger partial charge in [0.15, 0.2) is 0 Å². The molecule has 6 aromatic carbocycles. The number of H-pyrrole nitrogens is 2. The second-order valence-corrected chi connectivity index (χ2v) is 15.2. The van der Waals surface area contributed by atoms with Crippen LogP contribution in [0, 0.1) is 0 Å². The van der Waals surface area contributed by atoms with Crippen molar-refractivity contribution in [2.75, 3.05) is 0 Å². The molecule has 0 aliphatic carbocycles. The Balaban J connectivity index is 0.928. The van der Waals surface area contributed by atoms with Crippen molar-refractivity contribution >= 4 is 5.78 Å². The molecule has 0 radical (unpaired) electrons. The number of nitrogens with one attached hydrogen (secondary N) is 2. The number of aromatic nitrogens is 8. The number of carbonyl (C=O) groups excluding carboxylic acids is 1. The van der Waals surface area contributed by atoms with Crippen LogP contribution >= 0.6 is 0 Å². The Morgan fingerprint density at radius 1 is 0.559 bits per heavy atom. The van der Waals surface area contributed by atoms with E-state index in [0.29, 0.717) is 56.9 Å². The van der Waals surface area contributed by atoms with Crippen LogP contribution in [0.5, 0.6) is 46.0 Å². The van der Waals surface area contributed by atoms with E-state index in [1.54, 1.807) is 97.1 Å². The molecular formula is C47H36F6N8O7. The predicted molar refractivity (Wildman–Crippen MR) is 229 cm³/mol. The lowest BCUT2D eigenvalue weighted by atomic mass is 9.83. The lowest BCUT2D eigenvalue weighted by Crippen LogP contribution is -2.19. The number of benzene rings is 6. The first-order valence-electron chi connectivity index (χ1n) is 20.4. The molecule has 68 heavy (non-hydrogen) atoms. The first-order valence-corrected chi connectivity index (χ1v) is 20.4. The SMILES string of the molecule is CC(C(=O)C(C)c1ccc(OCc2ccc(Oc3cccc(-c4nn[nH]n4)c3)cc2)c(C(F)(F)F)c1O)c1ccc(OCc2ccc(Oc3cccc(-c4nn[nH]n4)c3)cc2)c(C(F)(F)F)c1O. The molecule has 0 amide bonds. The number of halogens is 6. The first-order chi connectivity index (χ1) is 32.5. The maximum Gasteiger partial charge on any atom is 0.423 e. The Labute approximate surface area is 381 Å². The van der Waals surface area contributed by atoms with Crippen molar-refractivity contribution in [2.24, 2.45) is 0 Å². The number of ketones is 1.